The van der Waals surface area contributed by atoms with Gasteiger partial charge in [-0.15, -0.1) is 0 Å². The van der Waals surface area contributed by atoms with Crippen molar-refractivity contribution in [2.45, 2.75) is 27.2 Å². The van der Waals surface area contributed by atoms with Gasteiger partial charge in [-0.3, -0.25) is 4.79 Å². The molecule has 0 unspecified atom stereocenters. The van der Waals surface area contributed by atoms with Gasteiger partial charge in [0, 0.05) is 0 Å². The Labute approximate surface area is 108 Å². The number of aryl methyl sites for hydroxylation is 1. The summed E-state index contributed by atoms with van der Waals surface area (Å²) in [6.07, 6.45) is 0.291. The monoisotopic (exact) mass is 246 g/mol. The van der Waals surface area contributed by atoms with Gasteiger partial charge in [-0.2, -0.15) is 5.26 Å². The summed E-state index contributed by atoms with van der Waals surface area (Å²) in [5.74, 6) is 0.734. The molecule has 0 fully saturated rings. The topological polar surface area (TPSA) is 62.1 Å². The fraction of sp³-hybridized carbons (Fsp3) is 0.429. The zero-order valence-electron chi connectivity index (χ0n) is 11.3. The maximum absolute atomic E-state index is 11.6. The summed E-state index contributed by atoms with van der Waals surface area (Å²) in [4.78, 5) is 11.6. The van der Waals surface area contributed by atoms with Gasteiger partial charge in [-0.05, 0) is 43.0 Å². The van der Waals surface area contributed by atoms with E-state index in [0.29, 0.717) is 6.42 Å². The van der Waals surface area contributed by atoms with E-state index < -0.39 is 0 Å². The maximum Gasteiger partial charge on any atom is 0.225 e. The predicted octanol–water partition coefficient (Wildman–Crippen LogP) is 1.80. The molecule has 18 heavy (non-hydrogen) atoms. The molecule has 0 saturated heterocycles. The summed E-state index contributed by atoms with van der Waals surface area (Å²) in [7, 11) is 1.65. The molecule has 0 bridgehead atoms. The number of benzene rings is 1. The highest BCUT2D eigenvalue weighted by Crippen LogP contribution is 2.28. The van der Waals surface area contributed by atoms with Crippen molar-refractivity contribution < 1.29 is 9.53 Å². The van der Waals surface area contributed by atoms with E-state index in [0.717, 1.165) is 28.0 Å². The second-order valence-corrected chi connectivity index (χ2v) is 4.25. The van der Waals surface area contributed by atoms with Crippen LogP contribution in [-0.2, 0) is 11.2 Å². The number of hydrogen-bond acceptors (Lipinski definition) is 3. The molecule has 0 atom stereocenters. The molecule has 0 saturated carbocycles. The first-order valence-corrected chi connectivity index (χ1v) is 5.78. The molecule has 0 aliphatic rings. The van der Waals surface area contributed by atoms with Gasteiger partial charge in [-0.25, -0.2) is 0 Å². The summed E-state index contributed by atoms with van der Waals surface area (Å²) < 4.78 is 5.34. The molecule has 0 radical (unpaired) electrons. The normalized spacial score (nSPS) is 9.72. The van der Waals surface area contributed by atoms with Crippen LogP contribution in [0.3, 0.4) is 0 Å². The van der Waals surface area contributed by atoms with E-state index in [1.807, 2.05) is 32.9 Å². The number of amides is 1. The standard InChI is InChI=1S/C14H18N2O2/c1-9-7-12(8-13(17)16-6-5-15)10(2)11(3)14(9)18-4/h7H,6,8H2,1-4H3,(H,16,17). The average molecular weight is 246 g/mol. The van der Waals surface area contributed by atoms with Crippen molar-refractivity contribution in [2.75, 3.05) is 13.7 Å². The SMILES string of the molecule is COc1c(C)cc(CC(=O)NCC#N)c(C)c1C. The van der Waals surface area contributed by atoms with Gasteiger partial charge in [0.2, 0.25) is 5.91 Å². The van der Waals surface area contributed by atoms with Crippen molar-refractivity contribution >= 4 is 5.91 Å². The van der Waals surface area contributed by atoms with E-state index in [1.54, 1.807) is 7.11 Å². The Morgan fingerprint density at radius 3 is 2.61 bits per heavy atom. The van der Waals surface area contributed by atoms with Gasteiger partial charge in [0.05, 0.1) is 19.6 Å². The molecule has 0 aliphatic heterocycles. The van der Waals surface area contributed by atoms with E-state index in [1.165, 1.54) is 0 Å². The molecule has 0 spiro atoms. The van der Waals surface area contributed by atoms with Gasteiger partial charge in [0.15, 0.2) is 0 Å². The Bertz CT molecular complexity index is 501. The second kappa shape index (κ2) is 6.06. The van der Waals surface area contributed by atoms with E-state index in [-0.39, 0.29) is 12.5 Å². The number of rotatable bonds is 4. The lowest BCUT2D eigenvalue weighted by molar-refractivity contribution is -0.120. The number of nitrogens with one attached hydrogen (secondary N) is 1. The van der Waals surface area contributed by atoms with E-state index in [9.17, 15) is 4.79 Å². The fourth-order valence-corrected chi connectivity index (χ4v) is 2.01. The van der Waals surface area contributed by atoms with Crippen LogP contribution >= 0.6 is 0 Å². The average Bonchev–Trinajstić information content (AvgIpc) is 2.33. The first-order chi connectivity index (χ1) is 8.51. The molecule has 1 amide bonds. The zero-order valence-corrected chi connectivity index (χ0v) is 11.3. The number of nitrogens with zero attached hydrogens (tertiary/aromatic N) is 1. The first kappa shape index (κ1) is 14.0. The Morgan fingerprint density at radius 1 is 1.39 bits per heavy atom. The molecule has 0 aromatic heterocycles. The predicted molar refractivity (Wildman–Crippen MR) is 69.5 cm³/mol. The molecular weight excluding hydrogens is 228 g/mol. The third kappa shape index (κ3) is 3.01. The second-order valence-electron chi connectivity index (χ2n) is 4.25. The van der Waals surface area contributed by atoms with Gasteiger partial charge in [0.25, 0.3) is 0 Å². The summed E-state index contributed by atoms with van der Waals surface area (Å²) in [6, 6.07) is 3.85. The molecule has 1 N–H and O–H groups in total. The van der Waals surface area contributed by atoms with Gasteiger partial charge in [-0.1, -0.05) is 6.07 Å². The smallest absolute Gasteiger partial charge is 0.225 e. The van der Waals surface area contributed by atoms with E-state index in [4.69, 9.17) is 10.00 Å². The molecule has 4 nitrogen and oxygen atoms in total. The number of carbonyl (C=O) groups excluding carboxylic acids is 1. The third-order valence-corrected chi connectivity index (χ3v) is 3.05. The quantitative estimate of drug-likeness (QED) is 0.824. The minimum atomic E-state index is -0.136. The van der Waals surface area contributed by atoms with Crippen molar-refractivity contribution in [3.63, 3.8) is 0 Å². The first-order valence-electron chi connectivity index (χ1n) is 5.78. The van der Waals surface area contributed by atoms with Crippen LogP contribution in [0.4, 0.5) is 0 Å². The van der Waals surface area contributed by atoms with Crippen LogP contribution in [0.2, 0.25) is 0 Å². The van der Waals surface area contributed by atoms with Crippen LogP contribution in [0, 0.1) is 32.1 Å². The molecule has 4 heteroatoms. The van der Waals surface area contributed by atoms with Crippen LogP contribution in [0.5, 0.6) is 5.75 Å². The fourth-order valence-electron chi connectivity index (χ4n) is 2.01. The van der Waals surface area contributed by atoms with E-state index >= 15 is 0 Å². The highest BCUT2D eigenvalue weighted by atomic mass is 16.5. The van der Waals surface area contributed by atoms with Crippen molar-refractivity contribution in [1.29, 1.82) is 5.26 Å². The number of hydrogen-bond donors (Lipinski definition) is 1. The minimum absolute atomic E-state index is 0.0476. The molecule has 1 aromatic rings. The number of methoxy groups -OCH3 is 1. The summed E-state index contributed by atoms with van der Waals surface area (Å²) >= 11 is 0. The van der Waals surface area contributed by atoms with Crippen molar-refractivity contribution in [3.05, 3.63) is 28.3 Å². The van der Waals surface area contributed by atoms with Crippen LogP contribution in [0.15, 0.2) is 6.07 Å². The Kier molecular flexibility index (Phi) is 4.73. The Morgan fingerprint density at radius 2 is 2.06 bits per heavy atom. The highest BCUT2D eigenvalue weighted by molar-refractivity contribution is 5.79. The number of nitriles is 1. The Hall–Kier alpha value is -2.02. The lowest BCUT2D eigenvalue weighted by atomic mass is 9.96. The summed E-state index contributed by atoms with van der Waals surface area (Å²) in [6.45, 7) is 5.97. The largest absolute Gasteiger partial charge is 0.496 e. The Balaban J connectivity index is 2.98. The highest BCUT2D eigenvalue weighted by Gasteiger charge is 2.12. The van der Waals surface area contributed by atoms with Crippen LogP contribution in [0.25, 0.3) is 0 Å². The molecule has 0 aliphatic carbocycles. The molecule has 1 rings (SSSR count). The van der Waals surface area contributed by atoms with Gasteiger partial charge >= 0.3 is 0 Å². The summed E-state index contributed by atoms with van der Waals surface area (Å²) in [5, 5.41) is 11.0. The maximum atomic E-state index is 11.6. The van der Waals surface area contributed by atoms with Crippen molar-refractivity contribution in [2.24, 2.45) is 0 Å². The lowest BCUT2D eigenvalue weighted by Crippen LogP contribution is -2.25. The third-order valence-electron chi connectivity index (χ3n) is 3.05. The molecular formula is C14H18N2O2. The van der Waals surface area contributed by atoms with Crippen LogP contribution in [-0.4, -0.2) is 19.6 Å². The summed E-state index contributed by atoms with van der Waals surface area (Å²) in [5.41, 5.74) is 4.11. The van der Waals surface area contributed by atoms with Crippen molar-refractivity contribution in [3.8, 4) is 11.8 Å². The molecule has 1 aromatic carbocycles. The van der Waals surface area contributed by atoms with Crippen LogP contribution < -0.4 is 10.1 Å². The van der Waals surface area contributed by atoms with E-state index in [2.05, 4.69) is 5.32 Å². The van der Waals surface area contributed by atoms with Gasteiger partial charge < -0.3 is 10.1 Å². The number of ether oxygens (including phenoxy) is 1. The van der Waals surface area contributed by atoms with Crippen LogP contribution in [0.1, 0.15) is 22.3 Å². The number of carbonyl (C=O) groups is 1. The minimum Gasteiger partial charge on any atom is -0.496 e. The molecule has 0 heterocycles. The molecule has 96 valence electrons. The van der Waals surface area contributed by atoms with Gasteiger partial charge in [0.1, 0.15) is 12.3 Å². The van der Waals surface area contributed by atoms with Crippen molar-refractivity contribution in [1.82, 2.24) is 5.32 Å². The lowest BCUT2D eigenvalue weighted by Gasteiger charge is -2.15. The zero-order chi connectivity index (χ0) is 13.7.